The zero-order chi connectivity index (χ0) is 11.4. The van der Waals surface area contributed by atoms with Crippen LogP contribution in [0.15, 0.2) is 12.1 Å². The second kappa shape index (κ2) is 5.42. The maximum Gasteiger partial charge on any atom is 0.142 e. The molecule has 1 atom stereocenters. The van der Waals surface area contributed by atoms with Gasteiger partial charge < -0.3 is 5.73 Å². The predicted molar refractivity (Wildman–Crippen MR) is 57.8 cm³/mol. The van der Waals surface area contributed by atoms with Gasteiger partial charge in [0.05, 0.1) is 5.02 Å². The van der Waals surface area contributed by atoms with E-state index in [1.807, 2.05) is 6.92 Å². The molecule has 0 heterocycles. The van der Waals surface area contributed by atoms with Crippen molar-refractivity contribution in [3.63, 3.8) is 0 Å². The molecule has 0 radical (unpaired) electrons. The van der Waals surface area contributed by atoms with Gasteiger partial charge in [0.2, 0.25) is 0 Å². The number of nitrogens with two attached hydrogens (primary N) is 1. The smallest absolute Gasteiger partial charge is 0.142 e. The van der Waals surface area contributed by atoms with E-state index in [0.717, 1.165) is 25.0 Å². The molecule has 1 aromatic carbocycles. The van der Waals surface area contributed by atoms with Crippen LogP contribution < -0.4 is 5.73 Å². The minimum absolute atomic E-state index is 0.0881. The largest absolute Gasteiger partial charge is 0.324 e. The van der Waals surface area contributed by atoms with Gasteiger partial charge in [-0.25, -0.2) is 8.78 Å². The van der Waals surface area contributed by atoms with Gasteiger partial charge in [0.15, 0.2) is 0 Å². The first-order valence-electron chi connectivity index (χ1n) is 4.96. The van der Waals surface area contributed by atoms with Gasteiger partial charge in [-0.05, 0) is 18.6 Å². The highest BCUT2D eigenvalue weighted by molar-refractivity contribution is 6.31. The van der Waals surface area contributed by atoms with Crippen LogP contribution in [0.4, 0.5) is 8.78 Å². The Bertz CT molecular complexity index is 342. The van der Waals surface area contributed by atoms with Crippen LogP contribution in [0.1, 0.15) is 37.8 Å². The van der Waals surface area contributed by atoms with Crippen molar-refractivity contribution in [2.45, 2.75) is 32.2 Å². The summed E-state index contributed by atoms with van der Waals surface area (Å²) in [4.78, 5) is 0. The highest BCUT2D eigenvalue weighted by Crippen LogP contribution is 2.29. The van der Waals surface area contributed by atoms with Gasteiger partial charge in [-0.3, -0.25) is 0 Å². The number of hydrogen-bond acceptors (Lipinski definition) is 1. The molecule has 1 aromatic rings. The minimum atomic E-state index is -0.625. The first-order valence-corrected chi connectivity index (χ1v) is 5.34. The lowest BCUT2D eigenvalue weighted by molar-refractivity contribution is 0.536. The van der Waals surface area contributed by atoms with Gasteiger partial charge in [0, 0.05) is 11.6 Å². The quantitative estimate of drug-likeness (QED) is 0.787. The summed E-state index contributed by atoms with van der Waals surface area (Å²) in [6.07, 6.45) is 2.44. The Morgan fingerprint density at radius 2 is 1.93 bits per heavy atom. The molecule has 84 valence electrons. The Hall–Kier alpha value is -0.670. The average Bonchev–Trinajstić information content (AvgIpc) is 2.21. The molecule has 0 saturated carbocycles. The molecular formula is C11H14ClF2N. The van der Waals surface area contributed by atoms with Crippen LogP contribution in [-0.4, -0.2) is 0 Å². The third-order valence-corrected chi connectivity index (χ3v) is 2.70. The molecule has 4 heteroatoms. The zero-order valence-electron chi connectivity index (χ0n) is 8.56. The predicted octanol–water partition coefficient (Wildman–Crippen LogP) is 3.81. The topological polar surface area (TPSA) is 26.0 Å². The maximum absolute atomic E-state index is 13.4. The lowest BCUT2D eigenvalue weighted by atomic mass is 10.0. The van der Waals surface area contributed by atoms with Crippen LogP contribution in [0.25, 0.3) is 0 Å². The van der Waals surface area contributed by atoms with E-state index in [2.05, 4.69) is 0 Å². The molecule has 0 aliphatic carbocycles. The summed E-state index contributed by atoms with van der Waals surface area (Å²) in [5, 5.41) is -0.196. The fourth-order valence-electron chi connectivity index (χ4n) is 1.45. The normalized spacial score (nSPS) is 12.9. The second-order valence-electron chi connectivity index (χ2n) is 3.51. The minimum Gasteiger partial charge on any atom is -0.324 e. The highest BCUT2D eigenvalue weighted by atomic mass is 35.5. The van der Waals surface area contributed by atoms with Crippen LogP contribution in [0.3, 0.4) is 0 Å². The maximum atomic E-state index is 13.4. The molecule has 0 aliphatic heterocycles. The number of unbranched alkanes of at least 4 members (excludes halogenated alkanes) is 1. The van der Waals surface area contributed by atoms with E-state index in [1.165, 1.54) is 0 Å². The van der Waals surface area contributed by atoms with Crippen LogP contribution in [0, 0.1) is 11.6 Å². The lowest BCUT2D eigenvalue weighted by Gasteiger charge is -2.14. The molecule has 0 bridgehead atoms. The summed E-state index contributed by atoms with van der Waals surface area (Å²) >= 11 is 5.68. The van der Waals surface area contributed by atoms with Crippen LogP contribution in [0.2, 0.25) is 5.02 Å². The molecule has 0 saturated heterocycles. The summed E-state index contributed by atoms with van der Waals surface area (Å²) < 4.78 is 26.5. The van der Waals surface area contributed by atoms with E-state index in [-0.39, 0.29) is 10.6 Å². The number of rotatable bonds is 4. The third-order valence-electron chi connectivity index (χ3n) is 2.32. The van der Waals surface area contributed by atoms with Crippen molar-refractivity contribution in [3.8, 4) is 0 Å². The average molecular weight is 234 g/mol. The van der Waals surface area contributed by atoms with E-state index in [9.17, 15) is 8.78 Å². The summed E-state index contributed by atoms with van der Waals surface area (Å²) in [6.45, 7) is 2.01. The number of benzene rings is 1. The molecule has 0 spiro atoms. The van der Waals surface area contributed by atoms with Gasteiger partial charge in [0.1, 0.15) is 11.6 Å². The third kappa shape index (κ3) is 2.89. The van der Waals surface area contributed by atoms with Crippen molar-refractivity contribution >= 4 is 11.6 Å². The highest BCUT2D eigenvalue weighted by Gasteiger charge is 2.17. The van der Waals surface area contributed by atoms with E-state index < -0.39 is 17.7 Å². The Morgan fingerprint density at radius 3 is 2.53 bits per heavy atom. The Balaban J connectivity index is 2.96. The van der Waals surface area contributed by atoms with Gasteiger partial charge in [-0.15, -0.1) is 0 Å². The Morgan fingerprint density at radius 1 is 1.33 bits per heavy atom. The standard InChI is InChI=1S/C11H14ClF2N/c1-2-3-4-9(15)10-7(13)5-6-8(14)11(10)12/h5-6,9H,2-4,15H2,1H3/t9-/m0/s1. The molecular weight excluding hydrogens is 220 g/mol. The molecule has 1 rings (SSSR count). The lowest BCUT2D eigenvalue weighted by Crippen LogP contribution is -2.13. The first-order chi connectivity index (χ1) is 7.07. The molecule has 0 fully saturated rings. The van der Waals surface area contributed by atoms with E-state index in [1.54, 1.807) is 0 Å². The SMILES string of the molecule is CCCC[C@H](N)c1c(F)ccc(F)c1Cl. The first kappa shape index (κ1) is 12.4. The van der Waals surface area contributed by atoms with Crippen molar-refractivity contribution in [2.75, 3.05) is 0 Å². The number of halogens is 3. The molecule has 15 heavy (non-hydrogen) atoms. The monoisotopic (exact) mass is 233 g/mol. The van der Waals surface area contributed by atoms with Gasteiger partial charge in [0.25, 0.3) is 0 Å². The molecule has 0 amide bonds. The Kier molecular flexibility index (Phi) is 4.48. The van der Waals surface area contributed by atoms with E-state index in [0.29, 0.717) is 6.42 Å². The number of hydrogen-bond donors (Lipinski definition) is 1. The van der Waals surface area contributed by atoms with Gasteiger partial charge in [-0.1, -0.05) is 31.4 Å². The van der Waals surface area contributed by atoms with Crippen molar-refractivity contribution in [1.29, 1.82) is 0 Å². The van der Waals surface area contributed by atoms with Gasteiger partial charge >= 0.3 is 0 Å². The van der Waals surface area contributed by atoms with Crippen molar-refractivity contribution in [2.24, 2.45) is 5.73 Å². The molecule has 0 aliphatic rings. The summed E-state index contributed by atoms with van der Waals surface area (Å²) in [6, 6.07) is 1.53. The Labute approximate surface area is 93.2 Å². The van der Waals surface area contributed by atoms with Crippen molar-refractivity contribution in [1.82, 2.24) is 0 Å². The van der Waals surface area contributed by atoms with E-state index in [4.69, 9.17) is 17.3 Å². The van der Waals surface area contributed by atoms with Crippen LogP contribution in [0.5, 0.6) is 0 Å². The summed E-state index contributed by atoms with van der Waals surface area (Å²) in [5.74, 6) is -1.16. The van der Waals surface area contributed by atoms with Crippen LogP contribution in [-0.2, 0) is 0 Å². The summed E-state index contributed by atoms with van der Waals surface area (Å²) in [5.41, 5.74) is 5.85. The van der Waals surface area contributed by atoms with Crippen molar-refractivity contribution in [3.05, 3.63) is 34.4 Å². The molecule has 0 unspecified atom stereocenters. The fourth-order valence-corrected chi connectivity index (χ4v) is 1.74. The molecule has 2 N–H and O–H groups in total. The fraction of sp³-hybridized carbons (Fsp3) is 0.455. The van der Waals surface area contributed by atoms with Crippen LogP contribution >= 0.6 is 11.6 Å². The van der Waals surface area contributed by atoms with Crippen molar-refractivity contribution < 1.29 is 8.78 Å². The summed E-state index contributed by atoms with van der Waals surface area (Å²) in [7, 11) is 0. The second-order valence-corrected chi connectivity index (χ2v) is 3.88. The molecule has 1 nitrogen and oxygen atoms in total. The molecule has 0 aromatic heterocycles. The van der Waals surface area contributed by atoms with E-state index >= 15 is 0 Å². The van der Waals surface area contributed by atoms with Gasteiger partial charge in [-0.2, -0.15) is 0 Å². The zero-order valence-corrected chi connectivity index (χ0v) is 9.32.